The average molecular weight is 256 g/mol. The predicted molar refractivity (Wildman–Crippen MR) is 78.4 cm³/mol. The Morgan fingerprint density at radius 2 is 1.74 bits per heavy atom. The van der Waals surface area contributed by atoms with Crippen LogP contribution in [-0.4, -0.2) is 36.1 Å². The summed E-state index contributed by atoms with van der Waals surface area (Å²) in [6, 6.07) is 11.2. The molecule has 0 spiro atoms. The van der Waals surface area contributed by atoms with E-state index in [4.69, 9.17) is 0 Å². The number of rotatable bonds is 2. The molecule has 0 amide bonds. The smallest absolute Gasteiger partial charge is 0.0249 e. The normalized spacial score (nSPS) is 31.4. The second-order valence-electron chi connectivity index (χ2n) is 6.53. The topological polar surface area (TPSA) is 15.3 Å². The SMILES string of the molecule is c1ccc2c(c1)CC(NC1CCN3CCCCC13)C2. The van der Waals surface area contributed by atoms with Crippen LogP contribution in [0.4, 0.5) is 0 Å². The lowest BCUT2D eigenvalue weighted by Crippen LogP contribution is -2.48. The molecule has 1 aromatic rings. The summed E-state index contributed by atoms with van der Waals surface area (Å²) in [5.41, 5.74) is 3.14. The summed E-state index contributed by atoms with van der Waals surface area (Å²) < 4.78 is 0. The molecule has 0 bridgehead atoms. The predicted octanol–water partition coefficient (Wildman–Crippen LogP) is 2.37. The molecule has 2 heterocycles. The van der Waals surface area contributed by atoms with Crippen LogP contribution in [0.5, 0.6) is 0 Å². The molecule has 19 heavy (non-hydrogen) atoms. The van der Waals surface area contributed by atoms with Gasteiger partial charge in [-0.05, 0) is 49.8 Å². The van der Waals surface area contributed by atoms with Crippen molar-refractivity contribution in [2.45, 2.75) is 56.7 Å². The Balaban J connectivity index is 1.41. The maximum absolute atomic E-state index is 3.98. The number of nitrogens with zero attached hydrogens (tertiary/aromatic N) is 1. The highest BCUT2D eigenvalue weighted by Crippen LogP contribution is 2.29. The fourth-order valence-electron chi connectivity index (χ4n) is 4.42. The lowest BCUT2D eigenvalue weighted by molar-refractivity contribution is 0.176. The van der Waals surface area contributed by atoms with Crippen molar-refractivity contribution in [2.75, 3.05) is 13.1 Å². The molecule has 4 rings (SSSR count). The van der Waals surface area contributed by atoms with Gasteiger partial charge in [0.1, 0.15) is 0 Å². The van der Waals surface area contributed by atoms with E-state index in [0.717, 1.165) is 12.1 Å². The second kappa shape index (κ2) is 4.92. The van der Waals surface area contributed by atoms with E-state index < -0.39 is 0 Å². The van der Waals surface area contributed by atoms with Crippen LogP contribution in [0.2, 0.25) is 0 Å². The Labute approximate surface area is 116 Å². The van der Waals surface area contributed by atoms with E-state index in [9.17, 15) is 0 Å². The van der Waals surface area contributed by atoms with Crippen molar-refractivity contribution >= 4 is 0 Å². The van der Waals surface area contributed by atoms with Gasteiger partial charge in [0.25, 0.3) is 0 Å². The molecule has 2 heteroatoms. The highest BCUT2D eigenvalue weighted by atomic mass is 15.2. The van der Waals surface area contributed by atoms with Gasteiger partial charge in [-0.25, -0.2) is 0 Å². The van der Waals surface area contributed by atoms with Gasteiger partial charge in [-0.15, -0.1) is 0 Å². The molecular formula is C17H24N2. The molecule has 0 aromatic heterocycles. The summed E-state index contributed by atoms with van der Waals surface area (Å²) in [5, 5.41) is 3.98. The van der Waals surface area contributed by atoms with Crippen LogP contribution < -0.4 is 5.32 Å². The molecule has 2 nitrogen and oxygen atoms in total. The summed E-state index contributed by atoms with van der Waals surface area (Å²) >= 11 is 0. The van der Waals surface area contributed by atoms with Crippen LogP contribution in [-0.2, 0) is 12.8 Å². The minimum absolute atomic E-state index is 0.685. The van der Waals surface area contributed by atoms with Crippen LogP contribution in [0.25, 0.3) is 0 Å². The summed E-state index contributed by atoms with van der Waals surface area (Å²) in [4.78, 5) is 2.73. The minimum atomic E-state index is 0.685. The first-order valence-electron chi connectivity index (χ1n) is 7.97. The molecule has 1 aromatic carbocycles. The van der Waals surface area contributed by atoms with Crippen molar-refractivity contribution < 1.29 is 0 Å². The minimum Gasteiger partial charge on any atom is -0.309 e. The Morgan fingerprint density at radius 1 is 0.947 bits per heavy atom. The third-order valence-electron chi connectivity index (χ3n) is 5.36. The quantitative estimate of drug-likeness (QED) is 0.874. The summed E-state index contributed by atoms with van der Waals surface area (Å²) in [5.74, 6) is 0. The standard InChI is InChI=1S/C17H24N2/c1-2-6-14-12-15(11-13(14)5-1)18-16-8-10-19-9-4-3-7-17(16)19/h1-2,5-6,15-18H,3-4,7-12H2. The molecule has 2 atom stereocenters. The average Bonchev–Trinajstić information content (AvgIpc) is 3.03. The van der Waals surface area contributed by atoms with E-state index in [2.05, 4.69) is 34.5 Å². The van der Waals surface area contributed by atoms with Gasteiger partial charge in [-0.2, -0.15) is 0 Å². The van der Waals surface area contributed by atoms with Gasteiger partial charge in [0.05, 0.1) is 0 Å². The van der Waals surface area contributed by atoms with Gasteiger partial charge in [0, 0.05) is 24.7 Å². The van der Waals surface area contributed by atoms with Crippen molar-refractivity contribution in [1.82, 2.24) is 10.2 Å². The second-order valence-corrected chi connectivity index (χ2v) is 6.53. The van der Waals surface area contributed by atoms with Gasteiger partial charge in [-0.3, -0.25) is 4.90 Å². The summed E-state index contributed by atoms with van der Waals surface area (Å²) in [7, 11) is 0. The van der Waals surface area contributed by atoms with Crippen LogP contribution >= 0.6 is 0 Å². The molecule has 3 aliphatic rings. The number of piperidine rings is 1. The molecule has 2 saturated heterocycles. The van der Waals surface area contributed by atoms with Crippen LogP contribution in [0.3, 0.4) is 0 Å². The highest BCUT2D eigenvalue weighted by Gasteiger charge is 2.37. The molecule has 2 fully saturated rings. The lowest BCUT2D eigenvalue weighted by Gasteiger charge is -2.33. The van der Waals surface area contributed by atoms with E-state index in [-0.39, 0.29) is 0 Å². The first-order chi connectivity index (χ1) is 9.40. The largest absolute Gasteiger partial charge is 0.309 e. The number of hydrogen-bond acceptors (Lipinski definition) is 2. The van der Waals surface area contributed by atoms with Crippen molar-refractivity contribution in [2.24, 2.45) is 0 Å². The van der Waals surface area contributed by atoms with Gasteiger partial charge in [0.15, 0.2) is 0 Å². The van der Waals surface area contributed by atoms with Gasteiger partial charge >= 0.3 is 0 Å². The van der Waals surface area contributed by atoms with Gasteiger partial charge < -0.3 is 5.32 Å². The zero-order valence-electron chi connectivity index (χ0n) is 11.6. The lowest BCUT2D eigenvalue weighted by atomic mass is 9.98. The van der Waals surface area contributed by atoms with Crippen molar-refractivity contribution in [3.8, 4) is 0 Å². The van der Waals surface area contributed by atoms with Crippen LogP contribution in [0.15, 0.2) is 24.3 Å². The first kappa shape index (κ1) is 11.9. The Morgan fingerprint density at radius 3 is 2.53 bits per heavy atom. The van der Waals surface area contributed by atoms with E-state index in [1.165, 1.54) is 51.6 Å². The molecule has 2 aliphatic heterocycles. The van der Waals surface area contributed by atoms with Crippen molar-refractivity contribution in [3.63, 3.8) is 0 Å². The van der Waals surface area contributed by atoms with E-state index in [1.807, 2.05) is 0 Å². The first-order valence-corrected chi connectivity index (χ1v) is 7.97. The highest BCUT2D eigenvalue weighted by molar-refractivity contribution is 5.33. The maximum Gasteiger partial charge on any atom is 0.0249 e. The monoisotopic (exact) mass is 256 g/mol. The van der Waals surface area contributed by atoms with Gasteiger partial charge in [0.2, 0.25) is 0 Å². The van der Waals surface area contributed by atoms with Crippen molar-refractivity contribution in [1.29, 1.82) is 0 Å². The van der Waals surface area contributed by atoms with Crippen molar-refractivity contribution in [3.05, 3.63) is 35.4 Å². The van der Waals surface area contributed by atoms with E-state index in [1.54, 1.807) is 11.1 Å². The molecule has 0 saturated carbocycles. The van der Waals surface area contributed by atoms with Gasteiger partial charge in [-0.1, -0.05) is 30.7 Å². The Bertz CT molecular complexity index is 431. The summed E-state index contributed by atoms with van der Waals surface area (Å²) in [6.45, 7) is 2.66. The molecule has 0 radical (unpaired) electrons. The van der Waals surface area contributed by atoms with E-state index in [0.29, 0.717) is 6.04 Å². The maximum atomic E-state index is 3.98. The Kier molecular flexibility index (Phi) is 3.08. The fourth-order valence-corrected chi connectivity index (χ4v) is 4.42. The number of benzene rings is 1. The molecule has 102 valence electrons. The molecule has 1 N–H and O–H groups in total. The molecule has 1 aliphatic carbocycles. The fraction of sp³-hybridized carbons (Fsp3) is 0.647. The number of hydrogen-bond donors (Lipinski definition) is 1. The molecule has 2 unspecified atom stereocenters. The zero-order valence-corrected chi connectivity index (χ0v) is 11.6. The number of nitrogens with one attached hydrogen (secondary N) is 1. The third kappa shape index (κ3) is 2.21. The number of fused-ring (bicyclic) bond motifs is 2. The third-order valence-corrected chi connectivity index (χ3v) is 5.36. The summed E-state index contributed by atoms with van der Waals surface area (Å²) in [6.07, 6.45) is 8.09. The molecular weight excluding hydrogens is 232 g/mol. The Hall–Kier alpha value is -0.860. The van der Waals surface area contributed by atoms with E-state index >= 15 is 0 Å². The van der Waals surface area contributed by atoms with Crippen LogP contribution in [0.1, 0.15) is 36.8 Å². The van der Waals surface area contributed by atoms with Crippen LogP contribution in [0, 0.1) is 0 Å². The zero-order chi connectivity index (χ0) is 12.7.